The summed E-state index contributed by atoms with van der Waals surface area (Å²) in [6.07, 6.45) is 0.760. The summed E-state index contributed by atoms with van der Waals surface area (Å²) in [6.45, 7) is 8.20. The predicted molar refractivity (Wildman–Crippen MR) is 81.8 cm³/mol. The van der Waals surface area contributed by atoms with Crippen molar-refractivity contribution in [2.75, 3.05) is 17.2 Å². The van der Waals surface area contributed by atoms with Crippen LogP contribution in [0, 0.1) is 5.41 Å². The molecule has 0 saturated carbocycles. The lowest BCUT2D eigenvalue weighted by molar-refractivity contribution is -0.124. The van der Waals surface area contributed by atoms with E-state index in [2.05, 4.69) is 16.0 Å². The van der Waals surface area contributed by atoms with Crippen LogP contribution in [0.4, 0.5) is 16.2 Å². The highest BCUT2D eigenvalue weighted by Gasteiger charge is 2.25. The van der Waals surface area contributed by atoms with Crippen molar-refractivity contribution in [2.45, 2.75) is 34.1 Å². The molecule has 5 heteroatoms. The maximum Gasteiger partial charge on any atom is 0.319 e. The monoisotopic (exact) mass is 277 g/mol. The molecule has 0 atom stereocenters. The summed E-state index contributed by atoms with van der Waals surface area (Å²) < 4.78 is 0. The molecule has 3 N–H and O–H groups in total. The van der Waals surface area contributed by atoms with Gasteiger partial charge in [0, 0.05) is 23.3 Å². The van der Waals surface area contributed by atoms with Gasteiger partial charge in [0.15, 0.2) is 0 Å². The van der Waals surface area contributed by atoms with Crippen LogP contribution in [0.3, 0.4) is 0 Å². The normalized spacial score (nSPS) is 10.8. The number of nitrogens with one attached hydrogen (secondary N) is 3. The van der Waals surface area contributed by atoms with Crippen LogP contribution in [0.1, 0.15) is 34.1 Å². The van der Waals surface area contributed by atoms with Crippen LogP contribution in [0.2, 0.25) is 0 Å². The molecule has 0 aliphatic heterocycles. The summed E-state index contributed by atoms with van der Waals surface area (Å²) in [4.78, 5) is 23.5. The van der Waals surface area contributed by atoms with E-state index in [0.717, 1.165) is 6.42 Å². The SMILES string of the molecule is CCNC(=O)Nc1cccc(NC(=O)C(C)(C)CC)c1. The number of anilines is 2. The first kappa shape index (κ1) is 16.0. The molecule has 20 heavy (non-hydrogen) atoms. The average Bonchev–Trinajstić information content (AvgIpc) is 2.39. The Kier molecular flexibility index (Phi) is 5.55. The number of hydrogen-bond donors (Lipinski definition) is 3. The number of carbonyl (C=O) groups is 2. The number of hydrogen-bond acceptors (Lipinski definition) is 2. The molecule has 0 spiro atoms. The van der Waals surface area contributed by atoms with Crippen molar-refractivity contribution >= 4 is 23.3 Å². The lowest BCUT2D eigenvalue weighted by Crippen LogP contribution is -2.30. The Morgan fingerprint density at radius 2 is 1.70 bits per heavy atom. The molecule has 110 valence electrons. The summed E-state index contributed by atoms with van der Waals surface area (Å²) in [6, 6.07) is 6.84. The van der Waals surface area contributed by atoms with Gasteiger partial charge in [-0.3, -0.25) is 4.79 Å². The fourth-order valence-corrected chi connectivity index (χ4v) is 1.47. The molecule has 5 nitrogen and oxygen atoms in total. The first-order chi connectivity index (χ1) is 9.39. The molecular formula is C15H23N3O2. The van der Waals surface area contributed by atoms with Crippen LogP contribution in [-0.4, -0.2) is 18.5 Å². The van der Waals surface area contributed by atoms with Crippen LogP contribution >= 0.6 is 0 Å². The average molecular weight is 277 g/mol. The van der Waals surface area contributed by atoms with Gasteiger partial charge in [-0.1, -0.05) is 26.8 Å². The van der Waals surface area contributed by atoms with Crippen LogP contribution in [0.15, 0.2) is 24.3 Å². The van der Waals surface area contributed by atoms with E-state index < -0.39 is 5.41 Å². The van der Waals surface area contributed by atoms with Gasteiger partial charge in [0.2, 0.25) is 5.91 Å². The molecule has 1 rings (SSSR count). The predicted octanol–water partition coefficient (Wildman–Crippen LogP) is 3.20. The van der Waals surface area contributed by atoms with E-state index in [0.29, 0.717) is 17.9 Å². The Morgan fingerprint density at radius 1 is 1.10 bits per heavy atom. The summed E-state index contributed by atoms with van der Waals surface area (Å²) in [5.41, 5.74) is 0.900. The van der Waals surface area contributed by atoms with Crippen molar-refractivity contribution in [1.29, 1.82) is 0 Å². The molecule has 0 radical (unpaired) electrons. The third-order valence-electron chi connectivity index (χ3n) is 3.21. The molecule has 0 aliphatic rings. The highest BCUT2D eigenvalue weighted by atomic mass is 16.2. The van der Waals surface area contributed by atoms with Gasteiger partial charge in [0.1, 0.15) is 0 Å². The lowest BCUT2D eigenvalue weighted by atomic mass is 9.89. The molecule has 0 aliphatic carbocycles. The van der Waals surface area contributed by atoms with Gasteiger partial charge >= 0.3 is 6.03 Å². The lowest BCUT2D eigenvalue weighted by Gasteiger charge is -2.21. The van der Waals surface area contributed by atoms with Crippen LogP contribution in [0.25, 0.3) is 0 Å². The fourth-order valence-electron chi connectivity index (χ4n) is 1.47. The molecule has 0 bridgehead atoms. The number of amides is 3. The van der Waals surface area contributed by atoms with E-state index in [-0.39, 0.29) is 11.9 Å². The fraction of sp³-hybridized carbons (Fsp3) is 0.467. The minimum atomic E-state index is -0.414. The topological polar surface area (TPSA) is 70.2 Å². The zero-order chi connectivity index (χ0) is 15.2. The third kappa shape index (κ3) is 4.57. The maximum absolute atomic E-state index is 12.1. The second-order valence-electron chi connectivity index (χ2n) is 5.26. The molecule has 0 aromatic heterocycles. The Bertz CT molecular complexity index is 484. The molecule has 0 unspecified atom stereocenters. The second-order valence-corrected chi connectivity index (χ2v) is 5.26. The minimum Gasteiger partial charge on any atom is -0.338 e. The van der Waals surface area contributed by atoms with Crippen molar-refractivity contribution in [3.05, 3.63) is 24.3 Å². The van der Waals surface area contributed by atoms with E-state index in [1.54, 1.807) is 24.3 Å². The van der Waals surface area contributed by atoms with E-state index in [9.17, 15) is 9.59 Å². The van der Waals surface area contributed by atoms with E-state index in [1.165, 1.54) is 0 Å². The number of rotatable bonds is 5. The Hall–Kier alpha value is -2.04. The molecule has 0 saturated heterocycles. The van der Waals surface area contributed by atoms with E-state index in [1.807, 2.05) is 27.7 Å². The maximum atomic E-state index is 12.1. The van der Waals surface area contributed by atoms with Crippen LogP contribution in [0.5, 0.6) is 0 Å². The highest BCUT2D eigenvalue weighted by molar-refractivity contribution is 5.96. The zero-order valence-corrected chi connectivity index (χ0v) is 12.5. The van der Waals surface area contributed by atoms with Crippen LogP contribution in [-0.2, 0) is 4.79 Å². The van der Waals surface area contributed by atoms with Gasteiger partial charge < -0.3 is 16.0 Å². The Labute approximate surface area is 120 Å². The molecule has 0 fully saturated rings. The smallest absolute Gasteiger partial charge is 0.319 e. The second kappa shape index (κ2) is 6.93. The Balaban J connectivity index is 2.74. The number of benzene rings is 1. The highest BCUT2D eigenvalue weighted by Crippen LogP contribution is 2.23. The van der Waals surface area contributed by atoms with Gasteiger partial charge in [-0.25, -0.2) is 4.79 Å². The van der Waals surface area contributed by atoms with E-state index >= 15 is 0 Å². The van der Waals surface area contributed by atoms with Gasteiger partial charge in [-0.2, -0.15) is 0 Å². The van der Waals surface area contributed by atoms with Gasteiger partial charge in [-0.05, 0) is 31.5 Å². The van der Waals surface area contributed by atoms with Crippen LogP contribution < -0.4 is 16.0 Å². The van der Waals surface area contributed by atoms with Crippen molar-refractivity contribution in [1.82, 2.24) is 5.32 Å². The molecule has 3 amide bonds. The Morgan fingerprint density at radius 3 is 2.25 bits per heavy atom. The standard InChI is InChI=1S/C15H23N3O2/c1-5-15(3,4)13(19)17-11-8-7-9-12(10-11)18-14(20)16-6-2/h7-10H,5-6H2,1-4H3,(H,17,19)(H2,16,18,20). The first-order valence-corrected chi connectivity index (χ1v) is 6.85. The number of carbonyl (C=O) groups excluding carboxylic acids is 2. The quantitative estimate of drug-likeness (QED) is 0.773. The summed E-state index contributed by atoms with van der Waals surface area (Å²) >= 11 is 0. The molecular weight excluding hydrogens is 254 g/mol. The minimum absolute atomic E-state index is 0.0323. The summed E-state index contributed by atoms with van der Waals surface area (Å²) in [5.74, 6) is -0.0323. The molecule has 0 heterocycles. The van der Waals surface area contributed by atoms with Crippen molar-refractivity contribution in [3.8, 4) is 0 Å². The van der Waals surface area contributed by atoms with Gasteiger partial charge in [0.25, 0.3) is 0 Å². The number of urea groups is 1. The molecule has 1 aromatic carbocycles. The summed E-state index contributed by atoms with van der Waals surface area (Å²) in [5, 5.41) is 8.23. The van der Waals surface area contributed by atoms with Gasteiger partial charge in [0.05, 0.1) is 0 Å². The van der Waals surface area contributed by atoms with Gasteiger partial charge in [-0.15, -0.1) is 0 Å². The molecule has 1 aromatic rings. The van der Waals surface area contributed by atoms with Crippen molar-refractivity contribution in [3.63, 3.8) is 0 Å². The van der Waals surface area contributed by atoms with E-state index in [4.69, 9.17) is 0 Å². The van der Waals surface area contributed by atoms with Crippen molar-refractivity contribution in [2.24, 2.45) is 5.41 Å². The van der Waals surface area contributed by atoms with Crippen molar-refractivity contribution < 1.29 is 9.59 Å². The largest absolute Gasteiger partial charge is 0.338 e. The third-order valence-corrected chi connectivity index (χ3v) is 3.21. The summed E-state index contributed by atoms with van der Waals surface area (Å²) in [7, 11) is 0. The first-order valence-electron chi connectivity index (χ1n) is 6.85. The zero-order valence-electron chi connectivity index (χ0n) is 12.5.